The van der Waals surface area contributed by atoms with Gasteiger partial charge < -0.3 is 14.8 Å². The number of ether oxygens (including phenoxy) is 2. The zero-order valence-corrected chi connectivity index (χ0v) is 15.9. The Morgan fingerprint density at radius 1 is 1.00 bits per heavy atom. The van der Waals surface area contributed by atoms with Crippen LogP contribution in [0.25, 0.3) is 0 Å². The van der Waals surface area contributed by atoms with Crippen LogP contribution < -0.4 is 10.1 Å². The summed E-state index contributed by atoms with van der Waals surface area (Å²) in [5, 5.41) is 3.29. The third-order valence-corrected chi connectivity index (χ3v) is 3.94. The topological polar surface area (TPSA) is 77.5 Å². The fourth-order valence-electron chi connectivity index (χ4n) is 2.20. The largest absolute Gasteiger partial charge is 0.455 e. The molecule has 0 radical (unpaired) electrons. The van der Waals surface area contributed by atoms with Gasteiger partial charge in [0, 0.05) is 11.2 Å². The molecule has 6 nitrogen and oxygen atoms in total. The van der Waals surface area contributed by atoms with Crippen LogP contribution in [-0.2, 0) is 9.53 Å². The van der Waals surface area contributed by atoms with Gasteiger partial charge in [-0.3, -0.25) is 4.79 Å². The number of nitrogens with one attached hydrogen (secondary N) is 1. The molecule has 8 heteroatoms. The predicted octanol–water partition coefficient (Wildman–Crippen LogP) is 4.98. The molecule has 1 heterocycles. The van der Waals surface area contributed by atoms with Crippen LogP contribution >= 0.6 is 23.2 Å². The van der Waals surface area contributed by atoms with E-state index >= 15 is 0 Å². The average molecular weight is 417 g/mol. The molecule has 1 amide bonds. The van der Waals surface area contributed by atoms with Crippen molar-refractivity contribution in [2.75, 3.05) is 11.9 Å². The van der Waals surface area contributed by atoms with E-state index in [2.05, 4.69) is 10.3 Å². The van der Waals surface area contributed by atoms with Crippen LogP contribution in [0.2, 0.25) is 10.2 Å². The number of carbonyl (C=O) groups excluding carboxylic acids is 2. The second kappa shape index (κ2) is 9.21. The molecular weight excluding hydrogens is 403 g/mol. The Bertz CT molecular complexity index is 979. The van der Waals surface area contributed by atoms with E-state index in [-0.39, 0.29) is 10.7 Å². The van der Waals surface area contributed by atoms with Gasteiger partial charge in [-0.25, -0.2) is 9.78 Å². The SMILES string of the molecule is O=C(COC(=O)c1ccc(Cl)nc1)Nc1cc(Cl)ccc1Oc1ccccc1. The maximum Gasteiger partial charge on any atom is 0.340 e. The van der Waals surface area contributed by atoms with Crippen molar-refractivity contribution in [3.8, 4) is 11.5 Å². The van der Waals surface area contributed by atoms with Crippen molar-refractivity contribution in [1.82, 2.24) is 4.98 Å². The van der Waals surface area contributed by atoms with Gasteiger partial charge in [0.15, 0.2) is 12.4 Å². The zero-order chi connectivity index (χ0) is 19.9. The van der Waals surface area contributed by atoms with E-state index in [0.717, 1.165) is 0 Å². The second-order valence-corrected chi connectivity index (χ2v) is 6.37. The molecule has 1 aromatic heterocycles. The van der Waals surface area contributed by atoms with Gasteiger partial charge in [0.1, 0.15) is 10.9 Å². The number of carbonyl (C=O) groups is 2. The highest BCUT2D eigenvalue weighted by atomic mass is 35.5. The summed E-state index contributed by atoms with van der Waals surface area (Å²) < 4.78 is 10.8. The maximum absolute atomic E-state index is 12.2. The number of benzene rings is 2. The molecule has 0 bridgehead atoms. The van der Waals surface area contributed by atoms with Crippen molar-refractivity contribution in [2.45, 2.75) is 0 Å². The first-order valence-electron chi connectivity index (χ1n) is 8.12. The van der Waals surface area contributed by atoms with Crippen molar-refractivity contribution in [3.63, 3.8) is 0 Å². The third kappa shape index (κ3) is 5.45. The van der Waals surface area contributed by atoms with Crippen LogP contribution in [0.1, 0.15) is 10.4 Å². The molecule has 142 valence electrons. The van der Waals surface area contributed by atoms with E-state index in [9.17, 15) is 9.59 Å². The number of hydrogen-bond donors (Lipinski definition) is 1. The Morgan fingerprint density at radius 3 is 2.50 bits per heavy atom. The predicted molar refractivity (Wildman–Crippen MR) is 106 cm³/mol. The number of nitrogens with zero attached hydrogens (tertiary/aromatic N) is 1. The van der Waals surface area contributed by atoms with Crippen LogP contribution in [0, 0.1) is 0 Å². The van der Waals surface area contributed by atoms with Gasteiger partial charge in [-0.05, 0) is 42.5 Å². The Labute approximate surface area is 171 Å². The maximum atomic E-state index is 12.2. The van der Waals surface area contributed by atoms with Crippen molar-refractivity contribution in [3.05, 3.63) is 82.6 Å². The minimum absolute atomic E-state index is 0.188. The molecule has 1 N–H and O–H groups in total. The number of amides is 1. The van der Waals surface area contributed by atoms with Crippen LogP contribution in [-0.4, -0.2) is 23.5 Å². The Morgan fingerprint density at radius 2 is 1.79 bits per heavy atom. The highest BCUT2D eigenvalue weighted by Crippen LogP contribution is 2.32. The molecule has 0 aliphatic rings. The van der Waals surface area contributed by atoms with E-state index in [1.54, 1.807) is 30.3 Å². The summed E-state index contributed by atoms with van der Waals surface area (Å²) in [6.07, 6.45) is 1.27. The molecule has 2 aromatic carbocycles. The molecule has 3 aromatic rings. The number of halogens is 2. The summed E-state index contributed by atoms with van der Waals surface area (Å²) in [6.45, 7) is -0.487. The third-order valence-electron chi connectivity index (χ3n) is 3.48. The summed E-state index contributed by atoms with van der Waals surface area (Å²) in [4.78, 5) is 27.9. The Hall–Kier alpha value is -3.09. The number of hydrogen-bond acceptors (Lipinski definition) is 5. The van der Waals surface area contributed by atoms with Crippen molar-refractivity contribution < 1.29 is 19.1 Å². The molecule has 0 fully saturated rings. The molecular formula is C20H14Cl2N2O4. The van der Waals surface area contributed by atoms with Gasteiger partial charge in [0.05, 0.1) is 11.3 Å². The molecule has 0 aliphatic heterocycles. The quantitative estimate of drug-likeness (QED) is 0.452. The van der Waals surface area contributed by atoms with E-state index in [1.165, 1.54) is 18.3 Å². The van der Waals surface area contributed by atoms with Crippen LogP contribution in [0.3, 0.4) is 0 Å². The lowest BCUT2D eigenvalue weighted by Crippen LogP contribution is -2.21. The number of para-hydroxylation sites is 1. The molecule has 0 atom stereocenters. The number of esters is 1. The lowest BCUT2D eigenvalue weighted by Gasteiger charge is -2.13. The first-order chi connectivity index (χ1) is 13.5. The monoisotopic (exact) mass is 416 g/mol. The summed E-state index contributed by atoms with van der Waals surface area (Å²) in [7, 11) is 0. The van der Waals surface area contributed by atoms with E-state index in [4.69, 9.17) is 32.7 Å². The van der Waals surface area contributed by atoms with E-state index in [0.29, 0.717) is 22.2 Å². The van der Waals surface area contributed by atoms with Gasteiger partial charge in [0.25, 0.3) is 5.91 Å². The first kappa shape index (κ1) is 19.7. The van der Waals surface area contributed by atoms with Gasteiger partial charge in [0.2, 0.25) is 0 Å². The molecule has 28 heavy (non-hydrogen) atoms. The summed E-state index contributed by atoms with van der Waals surface area (Å²) >= 11 is 11.7. The minimum Gasteiger partial charge on any atom is -0.455 e. The summed E-state index contributed by atoms with van der Waals surface area (Å²) in [5.74, 6) is -0.235. The number of aromatic nitrogens is 1. The highest BCUT2D eigenvalue weighted by Gasteiger charge is 2.13. The van der Waals surface area contributed by atoms with Gasteiger partial charge in [-0.15, -0.1) is 0 Å². The fraction of sp³-hybridized carbons (Fsp3) is 0.0500. The number of anilines is 1. The summed E-state index contributed by atoms with van der Waals surface area (Å²) in [5.41, 5.74) is 0.540. The first-order valence-corrected chi connectivity index (χ1v) is 8.88. The molecule has 0 unspecified atom stereocenters. The standard InChI is InChI=1S/C20H14Cl2N2O4/c21-14-7-8-17(28-15-4-2-1-3-5-15)16(10-14)24-19(25)12-27-20(26)13-6-9-18(22)23-11-13/h1-11H,12H2,(H,24,25). The second-order valence-electron chi connectivity index (χ2n) is 5.55. The molecule has 0 saturated heterocycles. The minimum atomic E-state index is -0.689. The smallest absolute Gasteiger partial charge is 0.340 e. The zero-order valence-electron chi connectivity index (χ0n) is 14.4. The van der Waals surface area contributed by atoms with Crippen LogP contribution in [0.15, 0.2) is 66.9 Å². The molecule has 3 rings (SSSR count). The van der Waals surface area contributed by atoms with Crippen molar-refractivity contribution >= 4 is 40.8 Å². The number of pyridine rings is 1. The van der Waals surface area contributed by atoms with E-state index in [1.807, 2.05) is 18.2 Å². The average Bonchev–Trinajstić information content (AvgIpc) is 2.69. The van der Waals surface area contributed by atoms with E-state index < -0.39 is 18.5 Å². The lowest BCUT2D eigenvalue weighted by atomic mass is 10.2. The fourth-order valence-corrected chi connectivity index (χ4v) is 2.49. The van der Waals surface area contributed by atoms with Gasteiger partial charge in [-0.1, -0.05) is 41.4 Å². The Kier molecular flexibility index (Phi) is 6.47. The number of rotatable bonds is 6. The van der Waals surface area contributed by atoms with Crippen LogP contribution in [0.4, 0.5) is 5.69 Å². The Balaban J connectivity index is 1.64. The molecule has 0 saturated carbocycles. The van der Waals surface area contributed by atoms with Crippen molar-refractivity contribution in [1.29, 1.82) is 0 Å². The van der Waals surface area contributed by atoms with Crippen molar-refractivity contribution in [2.24, 2.45) is 0 Å². The lowest BCUT2D eigenvalue weighted by molar-refractivity contribution is -0.119. The summed E-state index contributed by atoms with van der Waals surface area (Å²) in [6, 6.07) is 16.8. The van der Waals surface area contributed by atoms with Crippen LogP contribution in [0.5, 0.6) is 11.5 Å². The van der Waals surface area contributed by atoms with Gasteiger partial charge in [-0.2, -0.15) is 0 Å². The highest BCUT2D eigenvalue weighted by molar-refractivity contribution is 6.31. The molecule has 0 spiro atoms. The molecule has 0 aliphatic carbocycles. The van der Waals surface area contributed by atoms with Gasteiger partial charge >= 0.3 is 5.97 Å². The normalized spacial score (nSPS) is 10.2.